The van der Waals surface area contributed by atoms with Gasteiger partial charge in [-0.15, -0.1) is 5.10 Å². The van der Waals surface area contributed by atoms with Gasteiger partial charge in [0.25, 0.3) is 5.56 Å². The topological polar surface area (TPSA) is 148 Å². The summed E-state index contributed by atoms with van der Waals surface area (Å²) in [5, 5.41) is 16.5. The molecule has 1 aliphatic rings. The maximum atomic E-state index is 13.9. The minimum absolute atomic E-state index is 0.121. The molecule has 0 radical (unpaired) electrons. The molecule has 1 aliphatic heterocycles. The van der Waals surface area contributed by atoms with E-state index in [9.17, 15) is 9.59 Å². The zero-order valence-corrected chi connectivity index (χ0v) is 27.3. The Bertz CT molecular complexity index is 2190. The number of carbonyl (C=O) groups excluding carboxylic acids is 1. The Balaban J connectivity index is 1.29. The number of nitrogens with one attached hydrogen (secondary N) is 1. The fourth-order valence-electron chi connectivity index (χ4n) is 5.72. The second-order valence-electron chi connectivity index (χ2n) is 11.4. The molecule has 0 spiro atoms. The monoisotopic (exact) mass is 682 g/mol. The highest BCUT2D eigenvalue weighted by Gasteiger charge is 2.24. The van der Waals surface area contributed by atoms with Gasteiger partial charge in [-0.1, -0.05) is 41.8 Å². The van der Waals surface area contributed by atoms with Crippen molar-refractivity contribution >= 4 is 34.8 Å². The third-order valence-corrected chi connectivity index (χ3v) is 8.65. The number of fused-ring (bicyclic) bond motifs is 4. The van der Waals surface area contributed by atoms with Crippen molar-refractivity contribution in [2.24, 2.45) is 5.92 Å². The van der Waals surface area contributed by atoms with Crippen molar-refractivity contribution in [1.82, 2.24) is 44.3 Å². The first-order chi connectivity index (χ1) is 23.3. The molecule has 6 aromatic rings. The molecular weight excluding hydrogens is 655 g/mol. The third-order valence-electron chi connectivity index (χ3n) is 8.24. The Morgan fingerprint density at radius 3 is 2.58 bits per heavy atom. The molecule has 0 unspecified atom stereocenters. The largest absolute Gasteiger partial charge is 0.481 e. The van der Waals surface area contributed by atoms with Gasteiger partial charge in [-0.25, -0.2) is 19.3 Å². The molecule has 15 heteroatoms. The number of benzene rings is 1. The number of pyridine rings is 2. The highest BCUT2D eigenvalue weighted by molar-refractivity contribution is 6.31. The van der Waals surface area contributed by atoms with E-state index in [1.54, 1.807) is 65.4 Å². The molecule has 1 N–H and O–H groups in total. The van der Waals surface area contributed by atoms with Crippen molar-refractivity contribution in [3.63, 3.8) is 0 Å². The van der Waals surface area contributed by atoms with Gasteiger partial charge in [0.2, 0.25) is 11.8 Å². The lowest BCUT2D eigenvalue weighted by Gasteiger charge is -2.22. The van der Waals surface area contributed by atoms with Crippen LogP contribution in [0.2, 0.25) is 10.2 Å². The standard InChI is InChI=1S/C33H28Cl2N10O3/c1-19-4-3-5-28(43-18-38-24(14-31(43)46)23-13-21(34)6-8-27(23)45-17-29(35)40-42-45)25-12-20(10-11-36-25)32-26(39-33(19)47)16-44(41-32)22-7-9-30(48-2)37-15-22/h6-19,28H,3-5H2,1-2H3,(H,39,47)/t19-,28+/m1/s1. The molecular formula is C33H28Cl2N10O3. The summed E-state index contributed by atoms with van der Waals surface area (Å²) >= 11 is 12.4. The minimum atomic E-state index is -0.460. The van der Waals surface area contributed by atoms with Gasteiger partial charge in [0, 0.05) is 40.4 Å². The molecule has 0 aliphatic carbocycles. The molecule has 7 rings (SSSR count). The van der Waals surface area contributed by atoms with Gasteiger partial charge in [-0.05, 0) is 49.2 Å². The highest BCUT2D eigenvalue weighted by atomic mass is 35.5. The number of amides is 1. The molecule has 2 bridgehead atoms. The zero-order valence-electron chi connectivity index (χ0n) is 25.8. The third kappa shape index (κ3) is 6.17. The second-order valence-corrected chi connectivity index (χ2v) is 12.2. The number of halogens is 2. The van der Waals surface area contributed by atoms with Crippen molar-refractivity contribution in [3.8, 4) is 39.8 Å². The molecule has 2 atom stereocenters. The summed E-state index contributed by atoms with van der Waals surface area (Å²) in [7, 11) is 1.55. The average molecular weight is 684 g/mol. The van der Waals surface area contributed by atoms with Crippen LogP contribution in [0.15, 0.2) is 84.4 Å². The summed E-state index contributed by atoms with van der Waals surface area (Å²) in [4.78, 5) is 40.8. The van der Waals surface area contributed by atoms with Gasteiger partial charge in [0.15, 0.2) is 5.15 Å². The van der Waals surface area contributed by atoms with Gasteiger partial charge in [0.1, 0.15) is 5.69 Å². The number of ether oxygens (including phenoxy) is 1. The molecule has 48 heavy (non-hydrogen) atoms. The van der Waals surface area contributed by atoms with Gasteiger partial charge in [-0.2, -0.15) is 5.10 Å². The van der Waals surface area contributed by atoms with E-state index in [-0.39, 0.29) is 22.5 Å². The van der Waals surface area contributed by atoms with Crippen molar-refractivity contribution in [1.29, 1.82) is 0 Å². The number of hydrogen-bond acceptors (Lipinski definition) is 9. The number of rotatable bonds is 5. The fraction of sp³-hybridized carbons (Fsp3) is 0.212. The normalized spacial score (nSPS) is 16.4. The van der Waals surface area contributed by atoms with Crippen LogP contribution in [0.1, 0.15) is 37.9 Å². The van der Waals surface area contributed by atoms with Crippen LogP contribution in [-0.2, 0) is 4.79 Å². The molecule has 1 aromatic carbocycles. The molecule has 0 saturated heterocycles. The number of anilines is 1. The van der Waals surface area contributed by atoms with Crippen LogP contribution in [0.5, 0.6) is 5.88 Å². The van der Waals surface area contributed by atoms with Gasteiger partial charge in [-0.3, -0.25) is 19.1 Å². The highest BCUT2D eigenvalue weighted by Crippen LogP contribution is 2.33. The smallest absolute Gasteiger partial charge is 0.254 e. The van der Waals surface area contributed by atoms with E-state index in [1.807, 2.05) is 25.1 Å². The number of methoxy groups -OCH3 is 1. The van der Waals surface area contributed by atoms with E-state index < -0.39 is 6.04 Å². The van der Waals surface area contributed by atoms with E-state index in [1.165, 1.54) is 17.1 Å². The average Bonchev–Trinajstić information content (AvgIpc) is 3.72. The van der Waals surface area contributed by atoms with Gasteiger partial charge in [0.05, 0.1) is 66.5 Å². The van der Waals surface area contributed by atoms with Crippen LogP contribution in [0, 0.1) is 5.92 Å². The maximum Gasteiger partial charge on any atom is 0.254 e. The van der Waals surface area contributed by atoms with Gasteiger partial charge < -0.3 is 10.1 Å². The number of aromatic nitrogens is 9. The second kappa shape index (κ2) is 13.0. The van der Waals surface area contributed by atoms with E-state index in [0.29, 0.717) is 69.9 Å². The maximum absolute atomic E-state index is 13.9. The van der Waals surface area contributed by atoms with Crippen molar-refractivity contribution in [2.45, 2.75) is 32.2 Å². The summed E-state index contributed by atoms with van der Waals surface area (Å²) in [6.45, 7) is 1.89. The Labute approximate surface area is 284 Å². The SMILES string of the molecule is COc1ccc(-n2cc3c(n2)-c2ccnc(c2)[C@@H](n2cnc(-c4cc(Cl)ccc4-n4cc(Cl)nn4)cc2=O)CCC[C@@H](C)C(=O)N3)cn1. The molecule has 242 valence electrons. The number of nitrogens with zero attached hydrogens (tertiary/aromatic N) is 9. The minimum Gasteiger partial charge on any atom is -0.481 e. The van der Waals surface area contributed by atoms with Crippen molar-refractivity contribution < 1.29 is 9.53 Å². The molecule has 5 aromatic heterocycles. The van der Waals surface area contributed by atoms with Gasteiger partial charge >= 0.3 is 0 Å². The van der Waals surface area contributed by atoms with Crippen LogP contribution in [0.25, 0.3) is 33.9 Å². The van der Waals surface area contributed by atoms with E-state index in [4.69, 9.17) is 38.0 Å². The Kier molecular flexibility index (Phi) is 8.46. The quantitative estimate of drug-likeness (QED) is 0.238. The summed E-state index contributed by atoms with van der Waals surface area (Å²) in [6, 6.07) is 13.5. The van der Waals surface area contributed by atoms with Crippen LogP contribution in [-0.4, -0.2) is 57.3 Å². The van der Waals surface area contributed by atoms with Crippen LogP contribution >= 0.6 is 23.2 Å². The number of hydrogen-bond donors (Lipinski definition) is 1. The molecule has 0 fully saturated rings. The summed E-state index contributed by atoms with van der Waals surface area (Å²) < 4.78 is 9.92. The van der Waals surface area contributed by atoms with Crippen molar-refractivity contribution in [3.05, 3.63) is 106 Å². The predicted molar refractivity (Wildman–Crippen MR) is 180 cm³/mol. The lowest BCUT2D eigenvalue weighted by Crippen LogP contribution is -2.27. The summed E-state index contributed by atoms with van der Waals surface area (Å²) in [6.07, 6.45) is 9.97. The molecule has 13 nitrogen and oxygen atoms in total. The Morgan fingerprint density at radius 2 is 1.83 bits per heavy atom. The first-order valence-electron chi connectivity index (χ1n) is 15.1. The lowest BCUT2D eigenvalue weighted by molar-refractivity contribution is -0.119. The van der Waals surface area contributed by atoms with E-state index in [2.05, 4.69) is 25.6 Å². The fourth-order valence-corrected chi connectivity index (χ4v) is 6.02. The first kappa shape index (κ1) is 31.2. The molecule has 0 saturated carbocycles. The predicted octanol–water partition coefficient (Wildman–Crippen LogP) is 5.80. The Hall–Kier alpha value is -5.40. The lowest BCUT2D eigenvalue weighted by atomic mass is 9.97. The molecule has 6 heterocycles. The van der Waals surface area contributed by atoms with Crippen LogP contribution < -0.4 is 15.6 Å². The van der Waals surface area contributed by atoms with Crippen LogP contribution in [0.4, 0.5) is 5.69 Å². The van der Waals surface area contributed by atoms with E-state index >= 15 is 0 Å². The van der Waals surface area contributed by atoms with Crippen molar-refractivity contribution in [2.75, 3.05) is 12.4 Å². The summed E-state index contributed by atoms with van der Waals surface area (Å²) in [5.74, 6) is 0.0609. The summed E-state index contributed by atoms with van der Waals surface area (Å²) in [5.41, 5.74) is 4.49. The zero-order chi connectivity index (χ0) is 33.4. The van der Waals surface area contributed by atoms with Crippen LogP contribution in [0.3, 0.4) is 0 Å². The van der Waals surface area contributed by atoms with E-state index in [0.717, 1.165) is 5.56 Å². The number of carbonyl (C=O) groups is 1. The molecule has 1 amide bonds. The first-order valence-corrected chi connectivity index (χ1v) is 15.9. The Morgan fingerprint density at radius 1 is 0.958 bits per heavy atom.